The summed E-state index contributed by atoms with van der Waals surface area (Å²) in [6, 6.07) is 0. The molecule has 5 atom stereocenters. The van der Waals surface area contributed by atoms with E-state index in [1.807, 2.05) is 0 Å². The van der Waals surface area contributed by atoms with Crippen molar-refractivity contribution in [2.24, 2.45) is 29.1 Å². The summed E-state index contributed by atoms with van der Waals surface area (Å²) < 4.78 is 30.6. The lowest BCUT2D eigenvalue weighted by molar-refractivity contribution is -0.190. The van der Waals surface area contributed by atoms with Crippen LogP contribution in [0.5, 0.6) is 0 Å². The van der Waals surface area contributed by atoms with Gasteiger partial charge in [0.15, 0.2) is 0 Å². The number of hydrogen-bond donors (Lipinski definition) is 0. The van der Waals surface area contributed by atoms with Crippen LogP contribution < -0.4 is 0 Å². The Hall–Kier alpha value is -0.620. The van der Waals surface area contributed by atoms with Gasteiger partial charge in [0.05, 0.1) is 12.2 Å². The zero-order valence-corrected chi connectivity index (χ0v) is 15.4. The van der Waals surface area contributed by atoms with Crippen molar-refractivity contribution < 1.29 is 17.9 Å². The van der Waals surface area contributed by atoms with Gasteiger partial charge in [-0.15, -0.1) is 0 Å². The number of sulfonamides is 1. The minimum Gasteiger partial charge on any atom is -0.462 e. The van der Waals surface area contributed by atoms with Gasteiger partial charge in [-0.05, 0) is 48.9 Å². The first-order valence-electron chi connectivity index (χ1n) is 8.76. The molecule has 1 saturated heterocycles. The van der Waals surface area contributed by atoms with Gasteiger partial charge in [-0.1, -0.05) is 20.8 Å². The first kappa shape index (κ1) is 17.2. The molecule has 0 aromatic rings. The first-order chi connectivity index (χ1) is 10.6. The van der Waals surface area contributed by atoms with Gasteiger partial charge in [-0.25, -0.2) is 12.7 Å². The normalized spacial score (nSPS) is 40.3. The predicted octanol–water partition coefficient (Wildman–Crippen LogP) is 2.27. The number of rotatable bonds is 3. The Morgan fingerprint density at radius 3 is 2.52 bits per heavy atom. The molecule has 0 amide bonds. The average Bonchev–Trinajstić information content (AvgIpc) is 2.48. The van der Waals surface area contributed by atoms with Crippen LogP contribution in [0.25, 0.3) is 0 Å². The summed E-state index contributed by atoms with van der Waals surface area (Å²) in [4.78, 5) is 12.5. The third-order valence-corrected chi connectivity index (χ3v) is 8.01. The highest BCUT2D eigenvalue weighted by Gasteiger charge is 2.57. The van der Waals surface area contributed by atoms with E-state index in [2.05, 4.69) is 20.8 Å². The molecule has 1 aliphatic heterocycles. The van der Waals surface area contributed by atoms with Crippen LogP contribution in [0.1, 0.15) is 46.5 Å². The molecule has 23 heavy (non-hydrogen) atoms. The number of hydrogen-bond acceptors (Lipinski definition) is 4. The first-order valence-corrected chi connectivity index (χ1v) is 10.6. The summed E-state index contributed by atoms with van der Waals surface area (Å²) in [7, 11) is -3.23. The van der Waals surface area contributed by atoms with E-state index >= 15 is 0 Å². The third-order valence-electron chi connectivity index (χ3n) is 6.74. The highest BCUT2D eigenvalue weighted by molar-refractivity contribution is 7.88. The van der Waals surface area contributed by atoms with Gasteiger partial charge in [-0.3, -0.25) is 4.79 Å². The zero-order chi connectivity index (χ0) is 17.0. The van der Waals surface area contributed by atoms with Crippen molar-refractivity contribution in [2.75, 3.05) is 19.3 Å². The smallest absolute Gasteiger partial charge is 0.310 e. The number of carbonyl (C=O) groups excluding carboxylic acids is 1. The van der Waals surface area contributed by atoms with Gasteiger partial charge in [-0.2, -0.15) is 0 Å². The molecule has 4 aliphatic rings. The maximum atomic E-state index is 12.5. The van der Waals surface area contributed by atoms with Crippen LogP contribution in [-0.2, 0) is 19.6 Å². The van der Waals surface area contributed by atoms with Crippen molar-refractivity contribution >= 4 is 16.0 Å². The molecule has 2 bridgehead atoms. The summed E-state index contributed by atoms with van der Waals surface area (Å²) in [6.07, 6.45) is 4.88. The predicted molar refractivity (Wildman–Crippen MR) is 88.2 cm³/mol. The van der Waals surface area contributed by atoms with Crippen LogP contribution >= 0.6 is 0 Å². The molecule has 5 nitrogen and oxygen atoms in total. The van der Waals surface area contributed by atoms with Crippen LogP contribution in [-0.4, -0.2) is 44.1 Å². The summed E-state index contributed by atoms with van der Waals surface area (Å²) >= 11 is 0. The Morgan fingerprint density at radius 2 is 1.96 bits per heavy atom. The van der Waals surface area contributed by atoms with Gasteiger partial charge in [0.25, 0.3) is 0 Å². The van der Waals surface area contributed by atoms with E-state index in [-0.39, 0.29) is 24.5 Å². The monoisotopic (exact) mass is 343 g/mol. The van der Waals surface area contributed by atoms with E-state index in [4.69, 9.17) is 4.74 Å². The topological polar surface area (TPSA) is 63.7 Å². The number of piperidine rings is 1. The standard InChI is InChI=1S/C17H29NO4S/c1-11-14-8-13(17(14,2)3)9-15(11)22-16(19)12-6-5-7-18(10-12)23(4,20)21/h11-15H,5-10H2,1-4H3/t11-,12+,13+,14+,15+/m0/s1. The lowest BCUT2D eigenvalue weighted by Gasteiger charge is -2.61. The Labute approximate surface area is 139 Å². The van der Waals surface area contributed by atoms with Gasteiger partial charge in [0.2, 0.25) is 10.0 Å². The molecule has 0 aromatic heterocycles. The molecule has 0 radical (unpaired) electrons. The Morgan fingerprint density at radius 1 is 1.26 bits per heavy atom. The van der Waals surface area contributed by atoms with E-state index in [1.165, 1.54) is 17.0 Å². The van der Waals surface area contributed by atoms with Crippen LogP contribution in [0, 0.1) is 29.1 Å². The fraction of sp³-hybridized carbons (Fsp3) is 0.941. The van der Waals surface area contributed by atoms with E-state index < -0.39 is 10.0 Å². The summed E-state index contributed by atoms with van der Waals surface area (Å²) in [5.74, 6) is 1.18. The maximum absolute atomic E-state index is 12.5. The SMILES string of the molecule is C[C@H]1[C@H]2C[C@H](C[C@H]1OC(=O)[C@@H]1CCCN(S(C)(=O)=O)C1)C2(C)C. The van der Waals surface area contributed by atoms with E-state index in [0.717, 1.165) is 19.3 Å². The van der Waals surface area contributed by atoms with Gasteiger partial charge >= 0.3 is 5.97 Å². The highest BCUT2D eigenvalue weighted by atomic mass is 32.2. The second kappa shape index (κ2) is 5.73. The van der Waals surface area contributed by atoms with Crippen LogP contribution in [0.3, 0.4) is 0 Å². The molecule has 132 valence electrons. The quantitative estimate of drug-likeness (QED) is 0.738. The summed E-state index contributed by atoms with van der Waals surface area (Å²) in [5.41, 5.74) is 0.375. The number of ether oxygens (including phenoxy) is 1. The lowest BCUT2D eigenvalue weighted by Crippen LogP contribution is -2.57. The van der Waals surface area contributed by atoms with E-state index in [9.17, 15) is 13.2 Å². The number of carbonyl (C=O) groups is 1. The van der Waals surface area contributed by atoms with E-state index in [1.54, 1.807) is 0 Å². The molecule has 6 heteroatoms. The number of nitrogens with zero attached hydrogens (tertiary/aromatic N) is 1. The molecule has 0 N–H and O–H groups in total. The molecule has 1 heterocycles. The maximum Gasteiger partial charge on any atom is 0.310 e. The van der Waals surface area contributed by atoms with Crippen molar-refractivity contribution in [1.29, 1.82) is 0 Å². The molecule has 4 fully saturated rings. The lowest BCUT2D eigenvalue weighted by atomic mass is 9.45. The fourth-order valence-electron chi connectivity index (χ4n) is 4.94. The largest absolute Gasteiger partial charge is 0.462 e. The van der Waals surface area contributed by atoms with Gasteiger partial charge < -0.3 is 4.74 Å². The molecule has 0 unspecified atom stereocenters. The average molecular weight is 343 g/mol. The van der Waals surface area contributed by atoms with E-state index in [0.29, 0.717) is 29.7 Å². The van der Waals surface area contributed by atoms with Crippen LogP contribution in [0.15, 0.2) is 0 Å². The molecular formula is C17H29NO4S. The van der Waals surface area contributed by atoms with Crippen molar-refractivity contribution in [2.45, 2.75) is 52.6 Å². The third kappa shape index (κ3) is 3.04. The minimum atomic E-state index is -3.23. The molecule has 0 spiro atoms. The summed E-state index contributed by atoms with van der Waals surface area (Å²) in [6.45, 7) is 7.64. The number of esters is 1. The summed E-state index contributed by atoms with van der Waals surface area (Å²) in [5, 5.41) is 0. The van der Waals surface area contributed by atoms with Crippen molar-refractivity contribution in [3.05, 3.63) is 0 Å². The Kier molecular flexibility index (Phi) is 4.28. The van der Waals surface area contributed by atoms with Crippen molar-refractivity contribution in [3.8, 4) is 0 Å². The zero-order valence-electron chi connectivity index (χ0n) is 14.6. The van der Waals surface area contributed by atoms with Crippen LogP contribution in [0.4, 0.5) is 0 Å². The van der Waals surface area contributed by atoms with Crippen LogP contribution in [0.2, 0.25) is 0 Å². The van der Waals surface area contributed by atoms with Crippen molar-refractivity contribution in [3.63, 3.8) is 0 Å². The molecule has 4 rings (SSSR count). The molecular weight excluding hydrogens is 314 g/mol. The number of fused-ring (bicyclic) bond motifs is 2. The van der Waals surface area contributed by atoms with Gasteiger partial charge in [0, 0.05) is 13.1 Å². The molecule has 3 saturated carbocycles. The van der Waals surface area contributed by atoms with Gasteiger partial charge in [0.1, 0.15) is 6.10 Å². The molecule has 0 aromatic carbocycles. The Bertz CT molecular complexity index is 585. The highest BCUT2D eigenvalue weighted by Crippen LogP contribution is 2.61. The second-order valence-electron chi connectivity index (χ2n) is 8.39. The second-order valence-corrected chi connectivity index (χ2v) is 10.4. The molecule has 3 aliphatic carbocycles. The van der Waals surface area contributed by atoms with Crippen molar-refractivity contribution in [1.82, 2.24) is 4.31 Å². The fourth-order valence-corrected chi connectivity index (χ4v) is 5.85. The Balaban J connectivity index is 1.60. The minimum absolute atomic E-state index is 0.00730.